The number of amides is 3. The van der Waals surface area contributed by atoms with Crippen molar-refractivity contribution in [1.29, 1.82) is 0 Å². The Kier molecular flexibility index (Phi) is 9.51. The molecule has 4 aliphatic carbocycles. The van der Waals surface area contributed by atoms with Crippen LogP contribution in [0.1, 0.15) is 23.3 Å². The van der Waals surface area contributed by atoms with Crippen molar-refractivity contribution in [2.45, 2.75) is 22.6 Å². The lowest BCUT2D eigenvalue weighted by Gasteiger charge is -2.57. The van der Waals surface area contributed by atoms with Crippen LogP contribution in [-0.2, 0) is 67.8 Å². The molecule has 1 aromatic heterocycles. The predicted octanol–water partition coefficient (Wildman–Crippen LogP) is -0.625. The van der Waals surface area contributed by atoms with E-state index in [9.17, 15) is 82.6 Å². The van der Waals surface area contributed by atoms with Gasteiger partial charge in [0, 0.05) is 36.5 Å². The van der Waals surface area contributed by atoms with Crippen molar-refractivity contribution in [2.75, 3.05) is 7.05 Å². The number of carbonyl (C=O) groups is 2. The maximum Gasteiger partial charge on any atom is 0.365 e. The van der Waals surface area contributed by atoms with Gasteiger partial charge in [-0.25, -0.2) is 14.1 Å². The lowest BCUT2D eigenvalue weighted by Crippen LogP contribution is -2.82. The molecule has 3 atom stereocenters. The summed E-state index contributed by atoms with van der Waals surface area (Å²) in [6.45, 7) is 0. The van der Waals surface area contributed by atoms with E-state index in [1.54, 1.807) is 5.32 Å². The first-order valence-electron chi connectivity index (χ1n) is 15.4. The number of carbonyl (C=O) groups excluding carboxylic acids is 2. The molecule has 6 rings (SSSR count). The summed E-state index contributed by atoms with van der Waals surface area (Å²) in [5.74, 6) is -1.97. The third-order valence-corrected chi connectivity index (χ3v) is 16.6. The number of quaternary nitrogens is 1. The van der Waals surface area contributed by atoms with Crippen LogP contribution in [-0.4, -0.2) is 116 Å². The Morgan fingerprint density at radius 2 is 1.33 bits per heavy atom. The zero-order valence-corrected chi connectivity index (χ0v) is 33.8. The van der Waals surface area contributed by atoms with E-state index in [0.717, 1.165) is 29.9 Å². The first-order valence-corrected chi connectivity index (χ1v) is 24.0. The molecule has 0 aromatic carbocycles. The van der Waals surface area contributed by atoms with Crippen LogP contribution in [0.25, 0.3) is 0 Å². The Balaban J connectivity index is 2.00. The second-order valence-electron chi connectivity index (χ2n) is 13.1. The van der Waals surface area contributed by atoms with E-state index in [-0.39, 0.29) is 25.3 Å². The minimum atomic E-state index is -6.78. The van der Waals surface area contributed by atoms with Crippen LogP contribution in [0.5, 0.6) is 0 Å². The predicted molar refractivity (Wildman–Crippen MR) is 194 cm³/mol. The highest BCUT2D eigenvalue weighted by molar-refractivity contribution is 7.91. The average Bonchev–Trinajstić information content (AvgIpc) is 3.49. The maximum atomic E-state index is 15.5. The van der Waals surface area contributed by atoms with Gasteiger partial charge >= 0.3 is 37.0 Å². The van der Waals surface area contributed by atoms with E-state index in [1.165, 1.54) is 0 Å². The summed E-state index contributed by atoms with van der Waals surface area (Å²) in [5.41, 5.74) is -7.64. The lowest BCUT2D eigenvalue weighted by molar-refractivity contribution is -0.878. The zero-order valence-electron chi connectivity index (χ0n) is 28.9. The molecule has 314 valence electrons. The van der Waals surface area contributed by atoms with Gasteiger partial charge in [-0.05, 0) is 48.3 Å². The monoisotopic (exact) mass is 931 g/mol. The van der Waals surface area contributed by atoms with Gasteiger partial charge in [0.2, 0.25) is 0 Å². The first kappa shape index (κ1) is 43.1. The second-order valence-corrected chi connectivity index (χ2v) is 21.9. The number of aromatic nitrogens is 1. The van der Waals surface area contributed by atoms with Gasteiger partial charge in [-0.1, -0.05) is 12.2 Å². The summed E-state index contributed by atoms with van der Waals surface area (Å²) < 4.78 is 222. The Bertz CT molecular complexity index is 3160. The molecule has 0 fully saturated rings. The molecule has 3 unspecified atom stereocenters. The van der Waals surface area contributed by atoms with E-state index in [0.29, 0.717) is 18.2 Å². The standard InChI is InChI=1S/C28H26N4O20S6/c1-31-9-3-4-20(31)25(33)32(2,27(57(47,48)49)12-14-5-6-15(53(35,36)37)10-18(14)21(13-27)55(41,42)43)28(58(50,51)52)19-11-16(54(38,39)40)7-8-17(19)22-23(56(44,45)46)24(28)30-26(34)29-22/h3-4,6-7,9-13H,5,8H2,1-2H3,(H7-,29,30,34,35,36,37,38,39,40,41,42,43,44,45,46,47,48,49,50,51,52)/p+1. The molecule has 8 N–H and O–H groups in total. The van der Waals surface area contributed by atoms with Gasteiger partial charge in [0.15, 0.2) is 0 Å². The third-order valence-electron chi connectivity index (χ3n) is 10.0. The Morgan fingerprint density at radius 3 is 1.81 bits per heavy atom. The normalized spacial score (nSPS) is 25.3. The van der Waals surface area contributed by atoms with Gasteiger partial charge in [0.1, 0.15) is 21.2 Å². The lowest BCUT2D eigenvalue weighted by atomic mass is 9.79. The summed E-state index contributed by atoms with van der Waals surface area (Å²) in [5, 5.41) is 3.66. The van der Waals surface area contributed by atoms with Gasteiger partial charge in [0.05, 0.1) is 22.6 Å². The van der Waals surface area contributed by atoms with Crippen LogP contribution in [0.2, 0.25) is 0 Å². The molecule has 30 heteroatoms. The Labute approximate surface area is 328 Å². The van der Waals surface area contributed by atoms with Gasteiger partial charge in [-0.3, -0.25) is 27.3 Å². The van der Waals surface area contributed by atoms with Crippen molar-refractivity contribution < 1.29 is 91.9 Å². The van der Waals surface area contributed by atoms with Gasteiger partial charge in [0.25, 0.3) is 45.3 Å². The molecule has 1 aliphatic heterocycles. The van der Waals surface area contributed by atoms with Crippen molar-refractivity contribution in [1.82, 2.24) is 15.2 Å². The van der Waals surface area contributed by atoms with Crippen LogP contribution in [0.3, 0.4) is 0 Å². The highest BCUT2D eigenvalue weighted by Gasteiger charge is 2.80. The molecule has 0 spiro atoms. The molecular weight excluding hydrogens is 905 g/mol. The SMILES string of the molecule is Cn1cccc1C(=O)[N+](C)(C1(S(=O)(=O)O)C=C2CC=C(S(=O)(=O)O)C=C2C(S(=O)(=O)O)=C1)C1(S(=O)(=O)O)C2=CC(S(=O)(=O)O)=CCC2=C2NC(=O)NC1=C2S(=O)(=O)O. The minimum Gasteiger partial charge on any atom is -0.343 e. The number of allylic oxidation sites excluding steroid dienone is 6. The highest BCUT2D eigenvalue weighted by atomic mass is 32.2. The van der Waals surface area contributed by atoms with Crippen LogP contribution in [0, 0.1) is 0 Å². The summed E-state index contributed by atoms with van der Waals surface area (Å²) in [6, 6.07) is 0.364. The quantitative estimate of drug-likeness (QED) is 0.113. The maximum absolute atomic E-state index is 15.5. The van der Waals surface area contributed by atoms with Crippen molar-refractivity contribution in [3.63, 3.8) is 0 Å². The number of nitrogens with zero attached hydrogens (tertiary/aromatic N) is 2. The molecule has 3 amide bonds. The molecule has 1 aromatic rings. The fraction of sp³-hybridized carbons (Fsp3) is 0.214. The molecular formula is C28H27N4O20S6+. The Hall–Kier alpha value is -4.44. The Morgan fingerprint density at radius 1 is 0.759 bits per heavy atom. The van der Waals surface area contributed by atoms with E-state index in [1.807, 2.05) is 5.32 Å². The van der Waals surface area contributed by atoms with Crippen LogP contribution < -0.4 is 10.6 Å². The number of likely N-dealkylation sites (N-methyl/N-ethyl adjacent to an activating group) is 1. The second kappa shape index (κ2) is 12.8. The van der Waals surface area contributed by atoms with E-state index in [4.69, 9.17) is 0 Å². The molecule has 58 heavy (non-hydrogen) atoms. The van der Waals surface area contributed by atoms with Crippen LogP contribution in [0.4, 0.5) is 4.79 Å². The molecule has 0 saturated carbocycles. The van der Waals surface area contributed by atoms with Crippen LogP contribution >= 0.6 is 0 Å². The average molecular weight is 932 g/mol. The third kappa shape index (κ3) is 6.05. The molecule has 5 aliphatic rings. The first-order chi connectivity index (χ1) is 26.2. The summed E-state index contributed by atoms with van der Waals surface area (Å²) >= 11 is 0. The molecule has 24 nitrogen and oxygen atoms in total. The highest BCUT2D eigenvalue weighted by Crippen LogP contribution is 2.59. The fourth-order valence-electron chi connectivity index (χ4n) is 7.65. The minimum absolute atomic E-state index is 0.188. The van der Waals surface area contributed by atoms with Crippen molar-refractivity contribution in [2.24, 2.45) is 7.05 Å². The molecule has 0 saturated heterocycles. The summed E-state index contributed by atoms with van der Waals surface area (Å²) in [7, 11) is -34.7. The van der Waals surface area contributed by atoms with Crippen molar-refractivity contribution in [3.05, 3.63) is 114 Å². The van der Waals surface area contributed by atoms with Gasteiger partial charge in [-0.15, -0.1) is 0 Å². The summed E-state index contributed by atoms with van der Waals surface area (Å²) in [4.78, 5) is 14.4. The topological polar surface area (TPSA) is 389 Å². The van der Waals surface area contributed by atoms with Crippen LogP contribution in [0.15, 0.2) is 108 Å². The molecule has 0 radical (unpaired) electrons. The number of urea groups is 1. The number of fused-ring (bicyclic) bond motifs is 3. The van der Waals surface area contributed by atoms with Gasteiger partial charge in [-0.2, -0.15) is 50.5 Å². The zero-order chi connectivity index (χ0) is 43.8. The largest absolute Gasteiger partial charge is 0.365 e. The van der Waals surface area contributed by atoms with Gasteiger partial charge < -0.3 is 15.2 Å². The summed E-state index contributed by atoms with van der Waals surface area (Å²) in [6.07, 6.45) is 0.974. The van der Waals surface area contributed by atoms with E-state index in [2.05, 4.69) is 0 Å². The number of hydrogen-bond acceptors (Lipinski definition) is 14. The van der Waals surface area contributed by atoms with E-state index >= 15 is 4.79 Å². The number of hydrogen-bond donors (Lipinski definition) is 8. The smallest absolute Gasteiger partial charge is 0.343 e. The fourth-order valence-corrected chi connectivity index (χ4v) is 13.5. The van der Waals surface area contributed by atoms with E-state index < -0.39 is 159 Å². The molecule has 2 bridgehead atoms. The molecule has 2 heterocycles. The number of aryl methyl sites for hydroxylation is 1. The number of nitrogens with one attached hydrogen (secondary N) is 2. The number of rotatable bonds is 9. The van der Waals surface area contributed by atoms with Crippen molar-refractivity contribution >= 4 is 72.6 Å². The van der Waals surface area contributed by atoms with Crippen molar-refractivity contribution in [3.8, 4) is 0 Å².